The van der Waals surface area contributed by atoms with E-state index in [1.54, 1.807) is 10.7 Å². The summed E-state index contributed by atoms with van der Waals surface area (Å²) in [5.41, 5.74) is 2.15. The first kappa shape index (κ1) is 13.4. The standard InChI is InChI=1S/C13H15Cl2N3/c1-18-7-5-12(17-18)9-16-6-4-10-2-3-11(14)8-13(10)15/h2-3,5,7-8,16H,4,6,9H2,1H3. The second kappa shape index (κ2) is 6.23. The molecule has 2 aromatic rings. The maximum Gasteiger partial charge on any atom is 0.0762 e. The number of nitrogens with zero attached hydrogens (tertiary/aromatic N) is 2. The van der Waals surface area contributed by atoms with Gasteiger partial charge < -0.3 is 5.32 Å². The van der Waals surface area contributed by atoms with Gasteiger partial charge in [0.1, 0.15) is 0 Å². The van der Waals surface area contributed by atoms with Crippen molar-refractivity contribution in [3.05, 3.63) is 51.8 Å². The summed E-state index contributed by atoms with van der Waals surface area (Å²) in [6, 6.07) is 7.61. The van der Waals surface area contributed by atoms with Gasteiger partial charge in [-0.05, 0) is 36.7 Å². The van der Waals surface area contributed by atoms with Gasteiger partial charge in [0.2, 0.25) is 0 Å². The third-order valence-corrected chi connectivity index (χ3v) is 3.25. The van der Waals surface area contributed by atoms with Gasteiger partial charge in [-0.1, -0.05) is 29.3 Å². The number of halogens is 2. The number of hydrogen-bond donors (Lipinski definition) is 1. The van der Waals surface area contributed by atoms with Crippen LogP contribution in [0.1, 0.15) is 11.3 Å². The summed E-state index contributed by atoms with van der Waals surface area (Å²) in [4.78, 5) is 0. The van der Waals surface area contributed by atoms with Crippen molar-refractivity contribution in [3.63, 3.8) is 0 Å². The quantitative estimate of drug-likeness (QED) is 0.855. The van der Waals surface area contributed by atoms with Crippen molar-refractivity contribution in [1.82, 2.24) is 15.1 Å². The molecule has 1 N–H and O–H groups in total. The lowest BCUT2D eigenvalue weighted by molar-refractivity contribution is 0.654. The molecule has 1 aromatic heterocycles. The van der Waals surface area contributed by atoms with E-state index in [0.717, 1.165) is 35.8 Å². The first-order valence-electron chi connectivity index (χ1n) is 5.78. The molecule has 0 unspecified atom stereocenters. The van der Waals surface area contributed by atoms with E-state index in [1.165, 1.54) is 0 Å². The van der Waals surface area contributed by atoms with E-state index >= 15 is 0 Å². The van der Waals surface area contributed by atoms with Gasteiger partial charge in [0.15, 0.2) is 0 Å². The molecule has 96 valence electrons. The molecule has 3 nitrogen and oxygen atoms in total. The molecule has 0 aliphatic heterocycles. The average molecular weight is 284 g/mol. The molecule has 0 spiro atoms. The minimum atomic E-state index is 0.671. The van der Waals surface area contributed by atoms with Gasteiger partial charge >= 0.3 is 0 Å². The predicted molar refractivity (Wildman–Crippen MR) is 75.1 cm³/mol. The van der Waals surface area contributed by atoms with E-state index in [0.29, 0.717) is 5.02 Å². The van der Waals surface area contributed by atoms with Gasteiger partial charge in [0.25, 0.3) is 0 Å². The molecule has 0 amide bonds. The van der Waals surface area contributed by atoms with Crippen LogP contribution in [0, 0.1) is 0 Å². The van der Waals surface area contributed by atoms with E-state index in [4.69, 9.17) is 23.2 Å². The molecular weight excluding hydrogens is 269 g/mol. The monoisotopic (exact) mass is 283 g/mol. The Morgan fingerprint density at radius 1 is 1.28 bits per heavy atom. The van der Waals surface area contributed by atoms with Crippen molar-refractivity contribution in [1.29, 1.82) is 0 Å². The second-order valence-corrected chi connectivity index (χ2v) is 4.99. The molecule has 0 aliphatic rings. The number of nitrogens with one attached hydrogen (secondary N) is 1. The summed E-state index contributed by atoms with van der Waals surface area (Å²) in [6.45, 7) is 1.63. The Hall–Kier alpha value is -1.03. The fourth-order valence-corrected chi connectivity index (χ4v) is 2.22. The maximum absolute atomic E-state index is 6.10. The summed E-state index contributed by atoms with van der Waals surface area (Å²) in [7, 11) is 1.91. The van der Waals surface area contributed by atoms with Gasteiger partial charge in [0, 0.05) is 29.8 Å². The Bertz CT molecular complexity index is 523. The van der Waals surface area contributed by atoms with Crippen molar-refractivity contribution in [2.45, 2.75) is 13.0 Å². The molecular formula is C13H15Cl2N3. The molecule has 18 heavy (non-hydrogen) atoms. The molecule has 5 heteroatoms. The Balaban J connectivity index is 1.78. The molecule has 0 bridgehead atoms. The van der Waals surface area contributed by atoms with E-state index in [1.807, 2.05) is 31.4 Å². The van der Waals surface area contributed by atoms with Crippen LogP contribution in [-0.2, 0) is 20.0 Å². The molecule has 1 aromatic carbocycles. The Morgan fingerprint density at radius 2 is 2.11 bits per heavy atom. The fourth-order valence-electron chi connectivity index (χ4n) is 1.72. The maximum atomic E-state index is 6.10. The van der Waals surface area contributed by atoms with Crippen molar-refractivity contribution < 1.29 is 0 Å². The number of rotatable bonds is 5. The van der Waals surface area contributed by atoms with Crippen LogP contribution in [0.25, 0.3) is 0 Å². The lowest BCUT2D eigenvalue weighted by Crippen LogP contribution is -2.17. The van der Waals surface area contributed by atoms with Gasteiger partial charge in [-0.2, -0.15) is 5.10 Å². The zero-order valence-electron chi connectivity index (χ0n) is 10.2. The van der Waals surface area contributed by atoms with Crippen molar-refractivity contribution >= 4 is 23.2 Å². The van der Waals surface area contributed by atoms with E-state index in [9.17, 15) is 0 Å². The molecule has 2 rings (SSSR count). The minimum Gasteiger partial charge on any atom is -0.311 e. The Labute approximate surface area is 117 Å². The van der Waals surface area contributed by atoms with Crippen LogP contribution >= 0.6 is 23.2 Å². The Kier molecular flexibility index (Phi) is 4.64. The SMILES string of the molecule is Cn1ccc(CNCCc2ccc(Cl)cc2Cl)n1. The highest BCUT2D eigenvalue weighted by Crippen LogP contribution is 2.20. The fraction of sp³-hybridized carbons (Fsp3) is 0.308. The van der Waals surface area contributed by atoms with Gasteiger partial charge in [-0.15, -0.1) is 0 Å². The van der Waals surface area contributed by atoms with Crippen molar-refractivity contribution in [2.75, 3.05) is 6.54 Å². The first-order chi connectivity index (χ1) is 8.65. The second-order valence-electron chi connectivity index (χ2n) is 4.14. The topological polar surface area (TPSA) is 29.9 Å². The highest BCUT2D eigenvalue weighted by molar-refractivity contribution is 6.35. The summed E-state index contributed by atoms with van der Waals surface area (Å²) in [5, 5.41) is 9.03. The van der Waals surface area contributed by atoms with Crippen LogP contribution in [0.5, 0.6) is 0 Å². The number of aryl methyl sites for hydroxylation is 1. The summed E-state index contributed by atoms with van der Waals surface area (Å²) in [6.07, 6.45) is 2.82. The minimum absolute atomic E-state index is 0.671. The lowest BCUT2D eigenvalue weighted by atomic mass is 10.1. The van der Waals surface area contributed by atoms with E-state index < -0.39 is 0 Å². The Morgan fingerprint density at radius 3 is 2.78 bits per heavy atom. The zero-order chi connectivity index (χ0) is 13.0. The van der Waals surface area contributed by atoms with E-state index in [-0.39, 0.29) is 0 Å². The van der Waals surface area contributed by atoms with Crippen LogP contribution in [-0.4, -0.2) is 16.3 Å². The third-order valence-electron chi connectivity index (χ3n) is 2.66. The van der Waals surface area contributed by atoms with Crippen LogP contribution < -0.4 is 5.32 Å². The summed E-state index contributed by atoms with van der Waals surface area (Å²) >= 11 is 12.0. The average Bonchev–Trinajstić information content (AvgIpc) is 2.73. The molecule has 0 atom stereocenters. The molecule has 0 aliphatic carbocycles. The van der Waals surface area contributed by atoms with Gasteiger partial charge in [-0.25, -0.2) is 0 Å². The molecule has 1 heterocycles. The van der Waals surface area contributed by atoms with Crippen molar-refractivity contribution in [3.8, 4) is 0 Å². The highest BCUT2D eigenvalue weighted by atomic mass is 35.5. The highest BCUT2D eigenvalue weighted by Gasteiger charge is 2.01. The van der Waals surface area contributed by atoms with Crippen LogP contribution in [0.3, 0.4) is 0 Å². The van der Waals surface area contributed by atoms with Gasteiger partial charge in [0.05, 0.1) is 5.69 Å². The first-order valence-corrected chi connectivity index (χ1v) is 6.54. The molecule has 0 fully saturated rings. The molecule has 0 saturated carbocycles. The van der Waals surface area contributed by atoms with Crippen LogP contribution in [0.2, 0.25) is 10.0 Å². The van der Waals surface area contributed by atoms with E-state index in [2.05, 4.69) is 10.4 Å². The zero-order valence-corrected chi connectivity index (χ0v) is 11.7. The van der Waals surface area contributed by atoms with Crippen LogP contribution in [0.15, 0.2) is 30.5 Å². The number of benzene rings is 1. The molecule has 0 radical (unpaired) electrons. The number of aromatic nitrogens is 2. The summed E-state index contributed by atoms with van der Waals surface area (Å²) in [5.74, 6) is 0. The number of hydrogen-bond acceptors (Lipinski definition) is 2. The van der Waals surface area contributed by atoms with Crippen molar-refractivity contribution in [2.24, 2.45) is 7.05 Å². The third kappa shape index (κ3) is 3.73. The predicted octanol–water partition coefficient (Wildman–Crippen LogP) is 3.06. The van der Waals surface area contributed by atoms with Gasteiger partial charge in [-0.3, -0.25) is 4.68 Å². The summed E-state index contributed by atoms with van der Waals surface area (Å²) < 4.78 is 1.80. The van der Waals surface area contributed by atoms with Crippen LogP contribution in [0.4, 0.5) is 0 Å². The lowest BCUT2D eigenvalue weighted by Gasteiger charge is -2.05. The normalized spacial score (nSPS) is 10.8. The largest absolute Gasteiger partial charge is 0.311 e. The molecule has 0 saturated heterocycles. The smallest absolute Gasteiger partial charge is 0.0762 e.